The van der Waals surface area contributed by atoms with E-state index in [4.69, 9.17) is 20.3 Å². The Balaban J connectivity index is 3.38. The number of hydrogen-bond acceptors (Lipinski definition) is 7. The largest absolute Gasteiger partial charge is 0.481 e. The molecule has 0 aromatic heterocycles. The van der Waals surface area contributed by atoms with Crippen LogP contribution in [0.1, 0.15) is 70.6 Å². The van der Waals surface area contributed by atoms with E-state index in [1.807, 2.05) is 0 Å². The first-order chi connectivity index (χ1) is 16.0. The molecule has 0 aliphatic carbocycles. The van der Waals surface area contributed by atoms with Crippen LogP contribution >= 0.6 is 0 Å². The van der Waals surface area contributed by atoms with E-state index >= 15 is 0 Å². The van der Waals surface area contributed by atoms with Crippen LogP contribution in [0.15, 0.2) is 0 Å². The van der Waals surface area contributed by atoms with Crippen LogP contribution in [0.25, 0.3) is 0 Å². The lowest BCUT2D eigenvalue weighted by molar-refractivity contribution is -0.137. The number of amides is 2. The number of rotatable bonds is 24. The second-order valence-electron chi connectivity index (χ2n) is 8.05. The molecule has 1 unspecified atom stereocenters. The minimum absolute atomic E-state index is 0.0153. The summed E-state index contributed by atoms with van der Waals surface area (Å²) < 4.78 is 10.7. The molecule has 0 saturated heterocycles. The highest BCUT2D eigenvalue weighted by atomic mass is 16.5. The molecule has 0 heterocycles. The topological polar surface area (TPSA) is 152 Å². The van der Waals surface area contributed by atoms with E-state index < -0.39 is 5.97 Å². The second kappa shape index (κ2) is 23.4. The van der Waals surface area contributed by atoms with Crippen LogP contribution in [0.3, 0.4) is 0 Å². The maximum absolute atomic E-state index is 12.0. The Bertz CT molecular complexity index is 507. The normalized spacial score (nSPS) is 11.8. The van der Waals surface area contributed by atoms with Crippen LogP contribution in [0.4, 0.5) is 0 Å². The van der Waals surface area contributed by atoms with Gasteiger partial charge in [0.2, 0.25) is 11.8 Å². The summed E-state index contributed by atoms with van der Waals surface area (Å²) in [5.74, 6) is -0.905. The Hall–Kier alpha value is -1.75. The fourth-order valence-electron chi connectivity index (χ4n) is 3.22. The minimum Gasteiger partial charge on any atom is -0.481 e. The number of ether oxygens (including phenoxy) is 2. The molecule has 0 aromatic carbocycles. The van der Waals surface area contributed by atoms with Crippen molar-refractivity contribution >= 4 is 17.8 Å². The Kier molecular flexibility index (Phi) is 22.2. The molecule has 0 saturated carbocycles. The number of nitrogens with two attached hydrogens (primary N) is 1. The molecular formula is C23H46N4O6. The van der Waals surface area contributed by atoms with Crippen LogP contribution < -0.4 is 21.7 Å². The van der Waals surface area contributed by atoms with E-state index in [0.717, 1.165) is 57.8 Å². The Morgan fingerprint density at radius 3 is 2.09 bits per heavy atom. The standard InChI is InChI=1S/C23H46N4O6/c1-25-20(11-10-13-24)23(31)27-15-16-32-17-18-33-19-21(28)26-14-9-7-5-3-2-4-6-8-12-22(29)30/h20,25H,2-19,24H2,1H3,(H,26,28)(H,27,31)(H,29,30). The number of nitrogens with one attached hydrogen (secondary N) is 3. The second-order valence-corrected chi connectivity index (χ2v) is 8.05. The van der Waals surface area contributed by atoms with Crippen molar-refractivity contribution in [1.29, 1.82) is 0 Å². The average Bonchev–Trinajstić information content (AvgIpc) is 2.79. The highest BCUT2D eigenvalue weighted by Crippen LogP contribution is 2.09. The molecule has 10 nitrogen and oxygen atoms in total. The molecule has 6 N–H and O–H groups in total. The van der Waals surface area contributed by atoms with Gasteiger partial charge >= 0.3 is 5.97 Å². The number of aliphatic carboxylic acids is 1. The summed E-state index contributed by atoms with van der Waals surface area (Å²) in [5.41, 5.74) is 5.47. The molecule has 0 rings (SSSR count). The van der Waals surface area contributed by atoms with Gasteiger partial charge in [-0.15, -0.1) is 0 Å². The van der Waals surface area contributed by atoms with E-state index in [2.05, 4.69) is 16.0 Å². The highest BCUT2D eigenvalue weighted by Gasteiger charge is 2.14. The lowest BCUT2D eigenvalue weighted by Gasteiger charge is -2.15. The van der Waals surface area contributed by atoms with Crippen molar-refractivity contribution in [1.82, 2.24) is 16.0 Å². The number of unbranched alkanes of at least 4 members (excludes halogenated alkanes) is 7. The maximum Gasteiger partial charge on any atom is 0.303 e. The van der Waals surface area contributed by atoms with Crippen LogP contribution in [0.2, 0.25) is 0 Å². The van der Waals surface area contributed by atoms with E-state index in [0.29, 0.717) is 45.9 Å². The van der Waals surface area contributed by atoms with Crippen molar-refractivity contribution in [2.45, 2.75) is 76.7 Å². The number of carboxylic acids is 1. The summed E-state index contributed by atoms with van der Waals surface area (Å²) in [6.45, 7) is 2.72. The Morgan fingerprint density at radius 2 is 1.45 bits per heavy atom. The summed E-state index contributed by atoms with van der Waals surface area (Å²) in [6.07, 6.45) is 10.0. The fourth-order valence-corrected chi connectivity index (χ4v) is 3.22. The molecule has 0 aliphatic rings. The molecule has 0 bridgehead atoms. The van der Waals surface area contributed by atoms with Gasteiger partial charge in [-0.3, -0.25) is 14.4 Å². The third kappa shape index (κ3) is 21.8. The zero-order valence-electron chi connectivity index (χ0n) is 20.4. The summed E-state index contributed by atoms with van der Waals surface area (Å²) >= 11 is 0. The SMILES string of the molecule is CNC(CCCN)C(=O)NCCOCCOCC(=O)NCCCCCCCCCCC(=O)O. The van der Waals surface area contributed by atoms with Gasteiger partial charge < -0.3 is 36.3 Å². The van der Waals surface area contributed by atoms with Crippen molar-refractivity contribution in [3.05, 3.63) is 0 Å². The van der Waals surface area contributed by atoms with E-state index in [9.17, 15) is 14.4 Å². The molecule has 1 atom stereocenters. The smallest absolute Gasteiger partial charge is 0.303 e. The molecule has 0 radical (unpaired) electrons. The van der Waals surface area contributed by atoms with Gasteiger partial charge in [0.1, 0.15) is 6.61 Å². The number of hydrogen-bond donors (Lipinski definition) is 5. The summed E-state index contributed by atoms with van der Waals surface area (Å²) in [5, 5.41) is 17.2. The molecule has 10 heteroatoms. The maximum atomic E-state index is 12.0. The van der Waals surface area contributed by atoms with Crippen LogP contribution in [-0.4, -0.2) is 82.0 Å². The first kappa shape index (κ1) is 31.2. The van der Waals surface area contributed by atoms with Crippen LogP contribution in [0, 0.1) is 0 Å². The molecule has 194 valence electrons. The van der Waals surface area contributed by atoms with Crippen molar-refractivity contribution in [2.24, 2.45) is 5.73 Å². The quantitative estimate of drug-likeness (QED) is 0.131. The third-order valence-corrected chi connectivity index (χ3v) is 5.15. The third-order valence-electron chi connectivity index (χ3n) is 5.15. The monoisotopic (exact) mass is 474 g/mol. The van der Waals surface area contributed by atoms with Crippen molar-refractivity contribution in [3.63, 3.8) is 0 Å². The summed E-state index contributed by atoms with van der Waals surface area (Å²) in [4.78, 5) is 34.1. The lowest BCUT2D eigenvalue weighted by Crippen LogP contribution is -2.43. The van der Waals surface area contributed by atoms with Gasteiger partial charge in [0, 0.05) is 19.5 Å². The molecule has 0 aliphatic heterocycles. The summed E-state index contributed by atoms with van der Waals surface area (Å²) in [7, 11) is 1.75. The van der Waals surface area contributed by atoms with Crippen molar-refractivity contribution < 1.29 is 29.0 Å². The first-order valence-corrected chi connectivity index (χ1v) is 12.3. The van der Waals surface area contributed by atoms with Crippen molar-refractivity contribution in [3.8, 4) is 0 Å². The van der Waals surface area contributed by atoms with Gasteiger partial charge in [0.15, 0.2) is 0 Å². The zero-order valence-corrected chi connectivity index (χ0v) is 20.4. The van der Waals surface area contributed by atoms with Gasteiger partial charge in [-0.25, -0.2) is 0 Å². The van der Waals surface area contributed by atoms with Gasteiger partial charge in [-0.2, -0.15) is 0 Å². The number of carbonyl (C=O) groups excluding carboxylic acids is 2. The number of likely N-dealkylation sites (N-methyl/N-ethyl adjacent to an activating group) is 1. The first-order valence-electron chi connectivity index (χ1n) is 12.3. The molecule has 33 heavy (non-hydrogen) atoms. The van der Waals surface area contributed by atoms with E-state index in [-0.39, 0.29) is 30.9 Å². The molecule has 2 amide bonds. The minimum atomic E-state index is -0.717. The van der Waals surface area contributed by atoms with E-state index in [1.165, 1.54) is 0 Å². The molecule has 0 fully saturated rings. The van der Waals surface area contributed by atoms with Crippen LogP contribution in [-0.2, 0) is 23.9 Å². The Labute approximate surface area is 198 Å². The van der Waals surface area contributed by atoms with E-state index in [1.54, 1.807) is 7.05 Å². The predicted molar refractivity (Wildman–Crippen MR) is 128 cm³/mol. The summed E-state index contributed by atoms with van der Waals surface area (Å²) in [6, 6.07) is -0.239. The fraction of sp³-hybridized carbons (Fsp3) is 0.870. The molecular weight excluding hydrogens is 428 g/mol. The van der Waals surface area contributed by atoms with Gasteiger partial charge in [0.05, 0.1) is 25.9 Å². The van der Waals surface area contributed by atoms with Gasteiger partial charge in [-0.1, -0.05) is 38.5 Å². The Morgan fingerprint density at radius 1 is 0.818 bits per heavy atom. The zero-order chi connectivity index (χ0) is 24.6. The van der Waals surface area contributed by atoms with Gasteiger partial charge in [0.25, 0.3) is 0 Å². The van der Waals surface area contributed by atoms with Crippen molar-refractivity contribution in [2.75, 3.05) is 53.1 Å². The molecule has 0 aromatic rings. The average molecular weight is 475 g/mol. The molecule has 0 spiro atoms. The number of carbonyl (C=O) groups is 3. The predicted octanol–water partition coefficient (Wildman–Crippen LogP) is 1.17. The van der Waals surface area contributed by atoms with Crippen LogP contribution in [0.5, 0.6) is 0 Å². The number of carboxylic acid groups (broad SMARTS) is 1. The highest BCUT2D eigenvalue weighted by molar-refractivity contribution is 5.81. The van der Waals surface area contributed by atoms with Gasteiger partial charge in [-0.05, 0) is 39.3 Å². The lowest BCUT2D eigenvalue weighted by atomic mass is 10.1.